The molecule has 1 aliphatic carbocycles. The normalized spacial score (nSPS) is 23.5. The largest absolute Gasteiger partial charge is 0.348 e. The van der Waals surface area contributed by atoms with Crippen molar-refractivity contribution in [1.82, 2.24) is 9.88 Å². The van der Waals surface area contributed by atoms with Crippen LogP contribution in [0.2, 0.25) is 0 Å². The highest BCUT2D eigenvalue weighted by molar-refractivity contribution is 7.09. The fourth-order valence-electron chi connectivity index (χ4n) is 3.09. The van der Waals surface area contributed by atoms with Gasteiger partial charge < -0.3 is 9.47 Å². The van der Waals surface area contributed by atoms with E-state index in [0.29, 0.717) is 6.04 Å². The van der Waals surface area contributed by atoms with Gasteiger partial charge in [0.05, 0.1) is 19.8 Å². The van der Waals surface area contributed by atoms with Crippen molar-refractivity contribution in [1.29, 1.82) is 0 Å². The maximum atomic E-state index is 5.78. The molecular formula is C14H22N2O2S. The van der Waals surface area contributed by atoms with Gasteiger partial charge in [0.2, 0.25) is 0 Å². The zero-order valence-corrected chi connectivity index (χ0v) is 12.5. The summed E-state index contributed by atoms with van der Waals surface area (Å²) in [4.78, 5) is 6.97. The maximum Gasteiger partial charge on any atom is 0.168 e. The minimum absolute atomic E-state index is 0.241. The molecule has 1 aromatic rings. The maximum absolute atomic E-state index is 5.78. The summed E-state index contributed by atoms with van der Waals surface area (Å²) in [6.45, 7) is 4.54. The average molecular weight is 282 g/mol. The highest BCUT2D eigenvalue weighted by Gasteiger charge is 2.41. The van der Waals surface area contributed by atoms with Gasteiger partial charge in [-0.15, -0.1) is 11.3 Å². The zero-order valence-electron chi connectivity index (χ0n) is 11.7. The Balaban J connectivity index is 1.53. The molecular weight excluding hydrogens is 260 g/mol. The average Bonchev–Trinajstić information content (AvgIpc) is 3.00. The Hall–Kier alpha value is -0.490. The molecule has 2 aliphatic rings. The molecule has 2 heterocycles. The Morgan fingerprint density at radius 2 is 2.05 bits per heavy atom. The summed E-state index contributed by atoms with van der Waals surface area (Å²) >= 11 is 1.76. The van der Waals surface area contributed by atoms with Gasteiger partial charge in [-0.2, -0.15) is 0 Å². The summed E-state index contributed by atoms with van der Waals surface area (Å²) in [7, 11) is 2.20. The number of ether oxygens (including phenoxy) is 2. The van der Waals surface area contributed by atoms with E-state index in [1.807, 2.05) is 0 Å². The molecule has 1 aliphatic heterocycles. The molecule has 0 bridgehead atoms. The van der Waals surface area contributed by atoms with Crippen molar-refractivity contribution in [3.63, 3.8) is 0 Å². The first kappa shape index (κ1) is 13.5. The summed E-state index contributed by atoms with van der Waals surface area (Å²) < 4.78 is 11.6. The van der Waals surface area contributed by atoms with E-state index < -0.39 is 0 Å². The van der Waals surface area contributed by atoms with Crippen LogP contribution in [0.5, 0.6) is 0 Å². The standard InChI is InChI=1S/C14H22N2O2S/c1-11-10-19-13(15-11)9-16(2)12-3-5-14(6-4-12)17-7-8-18-14/h10,12H,3-9H2,1-2H3. The van der Waals surface area contributed by atoms with Crippen molar-refractivity contribution < 1.29 is 9.47 Å². The van der Waals surface area contributed by atoms with Gasteiger partial charge in [0.15, 0.2) is 5.79 Å². The molecule has 0 radical (unpaired) electrons. The number of nitrogens with zero attached hydrogens (tertiary/aromatic N) is 2. The SMILES string of the molecule is Cc1csc(CN(C)C2CCC3(CC2)OCCO3)n1. The van der Waals surface area contributed by atoms with Gasteiger partial charge in [-0.3, -0.25) is 4.90 Å². The van der Waals surface area contributed by atoms with Crippen molar-refractivity contribution in [3.8, 4) is 0 Å². The van der Waals surface area contributed by atoms with E-state index in [1.54, 1.807) is 11.3 Å². The van der Waals surface area contributed by atoms with Gasteiger partial charge in [0.25, 0.3) is 0 Å². The first-order valence-corrected chi connectivity index (χ1v) is 7.94. The third-order valence-corrected chi connectivity index (χ3v) is 5.16. The molecule has 0 atom stereocenters. The second-order valence-corrected chi connectivity index (χ2v) is 6.58. The molecule has 19 heavy (non-hydrogen) atoms. The Labute approximate surface area is 118 Å². The Kier molecular flexibility index (Phi) is 3.89. The van der Waals surface area contributed by atoms with Crippen LogP contribution in [0.25, 0.3) is 0 Å². The predicted molar refractivity (Wildman–Crippen MR) is 75.2 cm³/mol. The van der Waals surface area contributed by atoms with Gasteiger partial charge in [0, 0.05) is 30.0 Å². The molecule has 0 N–H and O–H groups in total. The molecule has 2 fully saturated rings. The second-order valence-electron chi connectivity index (χ2n) is 5.64. The van der Waals surface area contributed by atoms with Gasteiger partial charge in [-0.25, -0.2) is 4.98 Å². The van der Waals surface area contributed by atoms with Crippen LogP contribution in [0, 0.1) is 6.92 Å². The number of aromatic nitrogens is 1. The third-order valence-electron chi connectivity index (χ3n) is 4.21. The lowest BCUT2D eigenvalue weighted by Crippen LogP contribution is -2.42. The lowest BCUT2D eigenvalue weighted by atomic mass is 9.89. The summed E-state index contributed by atoms with van der Waals surface area (Å²) in [5.41, 5.74) is 1.13. The first-order chi connectivity index (χ1) is 9.17. The van der Waals surface area contributed by atoms with E-state index in [1.165, 1.54) is 5.01 Å². The summed E-state index contributed by atoms with van der Waals surface area (Å²) in [5.74, 6) is -0.241. The zero-order chi connectivity index (χ0) is 13.3. The van der Waals surface area contributed by atoms with Gasteiger partial charge >= 0.3 is 0 Å². The second kappa shape index (κ2) is 5.48. The van der Waals surface area contributed by atoms with E-state index in [4.69, 9.17) is 9.47 Å². The lowest BCUT2D eigenvalue weighted by molar-refractivity contribution is -0.183. The first-order valence-electron chi connectivity index (χ1n) is 7.06. The molecule has 0 unspecified atom stereocenters. The molecule has 1 saturated heterocycles. The number of thiazole rings is 1. The molecule has 3 rings (SSSR count). The molecule has 106 valence electrons. The van der Waals surface area contributed by atoms with Crippen molar-refractivity contribution in [2.75, 3.05) is 20.3 Å². The van der Waals surface area contributed by atoms with Crippen LogP contribution in [0.3, 0.4) is 0 Å². The minimum atomic E-state index is -0.241. The molecule has 1 aromatic heterocycles. The molecule has 1 saturated carbocycles. The van der Waals surface area contributed by atoms with Crippen molar-refractivity contribution >= 4 is 11.3 Å². The lowest BCUT2D eigenvalue weighted by Gasteiger charge is -2.38. The van der Waals surface area contributed by atoms with E-state index in [0.717, 1.165) is 51.1 Å². The number of rotatable bonds is 3. The van der Waals surface area contributed by atoms with Crippen LogP contribution in [-0.4, -0.2) is 42.0 Å². The Bertz CT molecular complexity index is 419. The van der Waals surface area contributed by atoms with Crippen LogP contribution < -0.4 is 0 Å². The van der Waals surface area contributed by atoms with Crippen LogP contribution >= 0.6 is 11.3 Å². The highest BCUT2D eigenvalue weighted by Crippen LogP contribution is 2.37. The quantitative estimate of drug-likeness (QED) is 0.853. The Morgan fingerprint density at radius 3 is 2.63 bits per heavy atom. The van der Waals surface area contributed by atoms with Gasteiger partial charge in [0.1, 0.15) is 5.01 Å². The summed E-state index contributed by atoms with van der Waals surface area (Å²) in [5, 5.41) is 3.34. The molecule has 1 spiro atoms. The van der Waals surface area contributed by atoms with E-state index in [9.17, 15) is 0 Å². The predicted octanol–water partition coefficient (Wildman–Crippen LogP) is 2.57. The topological polar surface area (TPSA) is 34.6 Å². The number of hydrogen-bond acceptors (Lipinski definition) is 5. The molecule has 0 aromatic carbocycles. The monoisotopic (exact) mass is 282 g/mol. The van der Waals surface area contributed by atoms with Crippen molar-refractivity contribution in [2.24, 2.45) is 0 Å². The van der Waals surface area contributed by atoms with Gasteiger partial charge in [-0.05, 0) is 26.8 Å². The fraction of sp³-hybridized carbons (Fsp3) is 0.786. The molecule has 0 amide bonds. The fourth-order valence-corrected chi connectivity index (χ4v) is 3.92. The van der Waals surface area contributed by atoms with E-state index in [2.05, 4.69) is 29.2 Å². The summed E-state index contributed by atoms with van der Waals surface area (Å²) in [6.07, 6.45) is 4.36. The summed E-state index contributed by atoms with van der Waals surface area (Å²) in [6, 6.07) is 0.627. The molecule has 4 nitrogen and oxygen atoms in total. The van der Waals surface area contributed by atoms with Gasteiger partial charge in [-0.1, -0.05) is 0 Å². The van der Waals surface area contributed by atoms with Crippen molar-refractivity contribution in [2.45, 2.75) is 51.0 Å². The third kappa shape index (κ3) is 2.99. The number of hydrogen-bond donors (Lipinski definition) is 0. The van der Waals surface area contributed by atoms with Crippen LogP contribution in [0.1, 0.15) is 36.4 Å². The van der Waals surface area contributed by atoms with Crippen LogP contribution in [0.15, 0.2) is 5.38 Å². The van der Waals surface area contributed by atoms with E-state index >= 15 is 0 Å². The van der Waals surface area contributed by atoms with E-state index in [-0.39, 0.29) is 5.79 Å². The highest BCUT2D eigenvalue weighted by atomic mass is 32.1. The van der Waals surface area contributed by atoms with Crippen LogP contribution in [-0.2, 0) is 16.0 Å². The smallest absolute Gasteiger partial charge is 0.168 e. The number of aryl methyl sites for hydroxylation is 1. The molecule has 5 heteroatoms. The van der Waals surface area contributed by atoms with Crippen LogP contribution in [0.4, 0.5) is 0 Å². The minimum Gasteiger partial charge on any atom is -0.348 e. The Morgan fingerprint density at radius 1 is 1.37 bits per heavy atom. The van der Waals surface area contributed by atoms with Crippen molar-refractivity contribution in [3.05, 3.63) is 16.1 Å².